The van der Waals surface area contributed by atoms with Crippen molar-refractivity contribution in [3.63, 3.8) is 0 Å². The molecule has 0 heterocycles. The number of benzene rings is 2. The number of alkyl halides is 1. The van der Waals surface area contributed by atoms with E-state index in [2.05, 4.69) is 6.92 Å². The fraction of sp³-hybridized carbons (Fsp3) is 0.429. The highest BCUT2D eigenvalue weighted by molar-refractivity contribution is 5.49. The summed E-state index contributed by atoms with van der Waals surface area (Å²) in [4.78, 5) is 0. The maximum Gasteiger partial charge on any atom is 0.113 e. The summed E-state index contributed by atoms with van der Waals surface area (Å²) in [5.74, 6) is 0. The molecule has 2 aromatic carbocycles. The van der Waals surface area contributed by atoms with Gasteiger partial charge in [-0.15, -0.1) is 0 Å². The number of hydrogen-bond donors (Lipinski definition) is 2. The van der Waals surface area contributed by atoms with Crippen molar-refractivity contribution in [2.24, 2.45) is 0 Å². The van der Waals surface area contributed by atoms with Crippen molar-refractivity contribution in [1.82, 2.24) is 0 Å². The summed E-state index contributed by atoms with van der Waals surface area (Å²) < 4.78 is 15.4. The van der Waals surface area contributed by atoms with Crippen LogP contribution in [-0.2, 0) is 5.41 Å². The highest BCUT2D eigenvalue weighted by Crippen LogP contribution is 2.39. The molecule has 1 unspecified atom stereocenters. The number of halogens is 1. The van der Waals surface area contributed by atoms with Gasteiger partial charge in [0.1, 0.15) is 6.17 Å². The van der Waals surface area contributed by atoms with Crippen LogP contribution in [0.25, 0.3) is 0 Å². The van der Waals surface area contributed by atoms with Crippen LogP contribution in [0, 0.1) is 0 Å². The second-order valence-corrected chi connectivity index (χ2v) is 6.76. The minimum atomic E-state index is -0.957. The third kappa shape index (κ3) is 4.08. The first-order chi connectivity index (χ1) is 11.5. The van der Waals surface area contributed by atoms with Gasteiger partial charge in [-0.1, -0.05) is 56.9 Å². The molecule has 2 nitrogen and oxygen atoms in total. The first-order valence-electron chi connectivity index (χ1n) is 8.84. The Bertz CT molecular complexity index is 574. The van der Waals surface area contributed by atoms with Gasteiger partial charge >= 0.3 is 0 Å². The van der Waals surface area contributed by atoms with Gasteiger partial charge in [0.05, 0.1) is 0 Å². The quantitative estimate of drug-likeness (QED) is 0.499. The molecule has 0 fully saturated rings. The van der Waals surface area contributed by atoms with Crippen LogP contribution in [0.3, 0.4) is 0 Å². The summed E-state index contributed by atoms with van der Waals surface area (Å²) >= 11 is 0. The fourth-order valence-corrected chi connectivity index (χ4v) is 3.23. The lowest BCUT2D eigenvalue weighted by Crippen LogP contribution is -2.35. The molecule has 4 N–H and O–H groups in total. The van der Waals surface area contributed by atoms with Crippen molar-refractivity contribution < 1.29 is 4.39 Å². The van der Waals surface area contributed by atoms with Crippen LogP contribution in [0.15, 0.2) is 48.5 Å². The van der Waals surface area contributed by atoms with Crippen molar-refractivity contribution in [2.45, 2.75) is 57.5 Å². The van der Waals surface area contributed by atoms with Crippen molar-refractivity contribution >= 4 is 11.4 Å². The number of unbranched alkanes of at least 4 members (excludes halogenated alkanes) is 3. The van der Waals surface area contributed by atoms with Gasteiger partial charge in [0, 0.05) is 16.8 Å². The smallest absolute Gasteiger partial charge is 0.113 e. The van der Waals surface area contributed by atoms with E-state index >= 15 is 4.39 Å². The lowest BCUT2D eigenvalue weighted by molar-refractivity contribution is 0.213. The van der Waals surface area contributed by atoms with Gasteiger partial charge in [0.2, 0.25) is 0 Å². The molecule has 0 spiro atoms. The van der Waals surface area contributed by atoms with Crippen LogP contribution in [0.2, 0.25) is 0 Å². The Morgan fingerprint density at radius 3 is 1.71 bits per heavy atom. The van der Waals surface area contributed by atoms with Crippen LogP contribution in [0.1, 0.15) is 57.1 Å². The molecule has 2 aromatic rings. The Balaban J connectivity index is 2.33. The topological polar surface area (TPSA) is 52.0 Å². The van der Waals surface area contributed by atoms with Crippen molar-refractivity contribution in [2.75, 3.05) is 11.5 Å². The summed E-state index contributed by atoms with van der Waals surface area (Å²) in [6, 6.07) is 15.1. The van der Waals surface area contributed by atoms with E-state index in [1.807, 2.05) is 55.5 Å². The predicted molar refractivity (Wildman–Crippen MR) is 102 cm³/mol. The summed E-state index contributed by atoms with van der Waals surface area (Å²) in [7, 11) is 0. The maximum absolute atomic E-state index is 15.4. The van der Waals surface area contributed by atoms with Crippen LogP contribution < -0.4 is 11.5 Å². The molecule has 2 rings (SSSR count). The van der Waals surface area contributed by atoms with Gasteiger partial charge in [-0.2, -0.15) is 0 Å². The Morgan fingerprint density at radius 1 is 0.833 bits per heavy atom. The first-order valence-corrected chi connectivity index (χ1v) is 8.84. The Labute approximate surface area is 145 Å². The highest BCUT2D eigenvalue weighted by Gasteiger charge is 2.37. The van der Waals surface area contributed by atoms with E-state index in [0.29, 0.717) is 17.8 Å². The minimum absolute atomic E-state index is 0.561. The monoisotopic (exact) mass is 328 g/mol. The summed E-state index contributed by atoms with van der Waals surface area (Å²) in [5, 5.41) is 0. The first kappa shape index (κ1) is 18.3. The largest absolute Gasteiger partial charge is 0.399 e. The average Bonchev–Trinajstić information content (AvgIpc) is 2.59. The molecular weight excluding hydrogens is 299 g/mol. The second-order valence-electron chi connectivity index (χ2n) is 6.76. The number of nitrogen functional groups attached to an aromatic ring is 2. The summed E-state index contributed by atoms with van der Waals surface area (Å²) in [6.07, 6.45) is 3.91. The van der Waals surface area contributed by atoms with Crippen molar-refractivity contribution in [3.8, 4) is 0 Å². The van der Waals surface area contributed by atoms with E-state index in [9.17, 15) is 0 Å². The Kier molecular flexibility index (Phi) is 6.24. The van der Waals surface area contributed by atoms with Crippen LogP contribution in [0.5, 0.6) is 0 Å². The summed E-state index contributed by atoms with van der Waals surface area (Å²) in [5.41, 5.74) is 14.2. The van der Waals surface area contributed by atoms with Gasteiger partial charge in [-0.25, -0.2) is 4.39 Å². The van der Waals surface area contributed by atoms with Crippen LogP contribution >= 0.6 is 0 Å². The molecule has 0 aliphatic heterocycles. The molecule has 3 heteroatoms. The van der Waals surface area contributed by atoms with Gasteiger partial charge in [-0.05, 0) is 48.7 Å². The molecule has 0 saturated heterocycles. The molecular formula is C21H29FN2. The van der Waals surface area contributed by atoms with E-state index in [-0.39, 0.29) is 0 Å². The Morgan fingerprint density at radius 2 is 1.29 bits per heavy atom. The van der Waals surface area contributed by atoms with Crippen molar-refractivity contribution in [1.29, 1.82) is 0 Å². The molecule has 0 aromatic heterocycles. The molecule has 0 radical (unpaired) electrons. The number of rotatable bonds is 8. The van der Waals surface area contributed by atoms with E-state index in [4.69, 9.17) is 11.5 Å². The maximum atomic E-state index is 15.4. The molecule has 1 atom stereocenters. The van der Waals surface area contributed by atoms with Gasteiger partial charge in [-0.3, -0.25) is 0 Å². The minimum Gasteiger partial charge on any atom is -0.399 e. The molecule has 0 aliphatic carbocycles. The lowest BCUT2D eigenvalue weighted by Gasteiger charge is -2.34. The zero-order chi connectivity index (χ0) is 17.6. The molecule has 0 aliphatic rings. The third-order valence-electron chi connectivity index (χ3n) is 4.96. The van der Waals surface area contributed by atoms with E-state index < -0.39 is 11.6 Å². The van der Waals surface area contributed by atoms with Gasteiger partial charge in [0.15, 0.2) is 0 Å². The zero-order valence-corrected chi connectivity index (χ0v) is 14.8. The Hall–Kier alpha value is -2.03. The average molecular weight is 328 g/mol. The van der Waals surface area contributed by atoms with Crippen LogP contribution in [0.4, 0.5) is 15.8 Å². The number of anilines is 2. The third-order valence-corrected chi connectivity index (χ3v) is 4.96. The fourth-order valence-electron chi connectivity index (χ4n) is 3.23. The van der Waals surface area contributed by atoms with E-state index in [0.717, 1.165) is 36.8 Å². The predicted octanol–water partition coefficient (Wildman–Crippen LogP) is 5.47. The van der Waals surface area contributed by atoms with E-state index in [1.165, 1.54) is 0 Å². The number of hydrogen-bond acceptors (Lipinski definition) is 2. The lowest BCUT2D eigenvalue weighted by atomic mass is 9.71. The molecule has 24 heavy (non-hydrogen) atoms. The molecule has 0 amide bonds. The zero-order valence-electron chi connectivity index (χ0n) is 14.8. The SMILES string of the molecule is CCCCCCC(F)C(C)(c1ccc(N)cc1)c1ccc(N)cc1. The molecule has 0 saturated carbocycles. The van der Waals surface area contributed by atoms with Gasteiger partial charge < -0.3 is 11.5 Å². The van der Waals surface area contributed by atoms with Crippen molar-refractivity contribution in [3.05, 3.63) is 59.7 Å². The molecule has 130 valence electrons. The summed E-state index contributed by atoms with van der Waals surface area (Å²) in [6.45, 7) is 4.15. The second kappa shape index (κ2) is 8.18. The normalized spacial score (nSPS) is 13.0. The highest BCUT2D eigenvalue weighted by atomic mass is 19.1. The molecule has 0 bridgehead atoms. The number of nitrogens with two attached hydrogens (primary N) is 2. The van der Waals surface area contributed by atoms with Crippen LogP contribution in [-0.4, -0.2) is 6.17 Å². The standard InChI is InChI=1S/C21H29FN2/c1-3-4-5-6-7-20(22)21(2,16-8-12-18(23)13-9-16)17-10-14-19(24)15-11-17/h8-15,20H,3-7,23-24H2,1-2H3. The van der Waals surface area contributed by atoms with Gasteiger partial charge in [0.25, 0.3) is 0 Å². The van der Waals surface area contributed by atoms with E-state index in [1.54, 1.807) is 0 Å².